The highest BCUT2D eigenvalue weighted by molar-refractivity contribution is 5.96. The van der Waals surface area contributed by atoms with Gasteiger partial charge in [-0.25, -0.2) is 0 Å². The van der Waals surface area contributed by atoms with Crippen LogP contribution < -0.4 is 4.90 Å². The van der Waals surface area contributed by atoms with Gasteiger partial charge < -0.3 is 4.90 Å². The molecule has 0 heterocycles. The second-order valence-electron chi connectivity index (χ2n) is 12.9. The molecule has 226 valence electrons. The Hall–Kier alpha value is -5.66. The highest BCUT2D eigenvalue weighted by atomic mass is 15.1. The molecule has 0 amide bonds. The smallest absolute Gasteiger partial charge is 0.0546 e. The monoisotopic (exact) mass is 603 g/mol. The van der Waals surface area contributed by atoms with Crippen LogP contribution in [0.4, 0.5) is 17.1 Å². The Morgan fingerprint density at radius 1 is 0.426 bits per heavy atom. The van der Waals surface area contributed by atoms with Gasteiger partial charge >= 0.3 is 0 Å². The zero-order chi connectivity index (χ0) is 32.0. The van der Waals surface area contributed by atoms with E-state index in [-0.39, 0.29) is 5.41 Å². The second kappa shape index (κ2) is 11.6. The first-order chi connectivity index (χ1) is 23.0. The number of fused-ring (bicyclic) bond motifs is 3. The average molecular weight is 604 g/mol. The summed E-state index contributed by atoms with van der Waals surface area (Å²) in [4.78, 5) is 2.45. The maximum absolute atomic E-state index is 2.45. The summed E-state index contributed by atoms with van der Waals surface area (Å²) in [5.41, 5.74) is 17.2. The van der Waals surface area contributed by atoms with Crippen LogP contribution in [0.5, 0.6) is 0 Å². The van der Waals surface area contributed by atoms with Crippen molar-refractivity contribution in [1.29, 1.82) is 0 Å². The summed E-state index contributed by atoms with van der Waals surface area (Å²) >= 11 is 0. The molecule has 47 heavy (non-hydrogen) atoms. The molecule has 7 aromatic carbocycles. The number of aryl methyl sites for hydroxylation is 2. The molecule has 0 N–H and O–H groups in total. The normalized spacial score (nSPS) is 14.8. The highest BCUT2D eigenvalue weighted by Gasteiger charge is 2.43. The SMILES string of the molecule is Cc1ccc2c(c1)C(C)(c1ccccc1)c1cc(C)cc(N(c3ccc(-c4ccccc4)cc3)c3ccc(-c4ccccc4)cc3)c1-2. The summed E-state index contributed by atoms with van der Waals surface area (Å²) in [6.07, 6.45) is 0. The molecule has 1 heteroatoms. The van der Waals surface area contributed by atoms with Gasteiger partial charge in [-0.05, 0) is 101 Å². The molecule has 1 unspecified atom stereocenters. The Morgan fingerprint density at radius 3 is 1.43 bits per heavy atom. The van der Waals surface area contributed by atoms with Crippen LogP contribution in [0.3, 0.4) is 0 Å². The number of anilines is 3. The second-order valence-corrected chi connectivity index (χ2v) is 12.9. The highest BCUT2D eigenvalue weighted by Crippen LogP contribution is 2.57. The molecule has 0 aliphatic heterocycles. The molecule has 1 atom stereocenters. The fraction of sp³-hybridized carbons (Fsp3) is 0.0870. The Labute approximate surface area is 278 Å². The Bertz CT molecular complexity index is 2100. The van der Waals surface area contributed by atoms with E-state index in [2.05, 4.69) is 196 Å². The van der Waals surface area contributed by atoms with Gasteiger partial charge in [-0.15, -0.1) is 0 Å². The third kappa shape index (κ3) is 4.96. The Kier molecular flexibility index (Phi) is 7.11. The first-order valence-corrected chi connectivity index (χ1v) is 16.4. The van der Waals surface area contributed by atoms with Gasteiger partial charge in [0.2, 0.25) is 0 Å². The van der Waals surface area contributed by atoms with Crippen molar-refractivity contribution in [2.45, 2.75) is 26.2 Å². The van der Waals surface area contributed by atoms with E-state index in [1.165, 1.54) is 66.9 Å². The number of rotatable bonds is 6. The zero-order valence-corrected chi connectivity index (χ0v) is 27.1. The van der Waals surface area contributed by atoms with Gasteiger partial charge in [0.25, 0.3) is 0 Å². The summed E-state index contributed by atoms with van der Waals surface area (Å²) in [6.45, 7) is 6.84. The topological polar surface area (TPSA) is 3.24 Å². The van der Waals surface area contributed by atoms with Gasteiger partial charge in [0.1, 0.15) is 0 Å². The van der Waals surface area contributed by atoms with Crippen molar-refractivity contribution in [3.05, 3.63) is 198 Å². The maximum atomic E-state index is 2.45. The largest absolute Gasteiger partial charge is 0.310 e. The van der Waals surface area contributed by atoms with E-state index in [1.54, 1.807) is 0 Å². The van der Waals surface area contributed by atoms with Crippen LogP contribution in [0.2, 0.25) is 0 Å². The molecule has 0 bridgehead atoms. The van der Waals surface area contributed by atoms with Gasteiger partial charge in [0, 0.05) is 22.4 Å². The lowest BCUT2D eigenvalue weighted by Gasteiger charge is -2.31. The molecule has 0 fully saturated rings. The lowest BCUT2D eigenvalue weighted by molar-refractivity contribution is 0.712. The maximum Gasteiger partial charge on any atom is 0.0546 e. The Balaban J connectivity index is 1.36. The lowest BCUT2D eigenvalue weighted by Crippen LogP contribution is -2.23. The quantitative estimate of drug-likeness (QED) is 0.183. The predicted octanol–water partition coefficient (Wildman–Crippen LogP) is 12.4. The van der Waals surface area contributed by atoms with Crippen LogP contribution >= 0.6 is 0 Å². The minimum atomic E-state index is -0.279. The third-order valence-electron chi connectivity index (χ3n) is 9.84. The van der Waals surface area contributed by atoms with Gasteiger partial charge in [0.05, 0.1) is 5.69 Å². The average Bonchev–Trinajstić information content (AvgIpc) is 3.38. The van der Waals surface area contributed by atoms with Crippen molar-refractivity contribution >= 4 is 17.1 Å². The molecule has 1 aliphatic carbocycles. The van der Waals surface area contributed by atoms with Crippen LogP contribution in [0.15, 0.2) is 170 Å². The summed E-state index contributed by atoms with van der Waals surface area (Å²) in [6, 6.07) is 62.1. The van der Waals surface area contributed by atoms with E-state index in [4.69, 9.17) is 0 Å². The molecular weight excluding hydrogens is 567 g/mol. The van der Waals surface area contributed by atoms with Crippen LogP contribution in [-0.2, 0) is 5.41 Å². The van der Waals surface area contributed by atoms with Gasteiger partial charge in [-0.2, -0.15) is 0 Å². The van der Waals surface area contributed by atoms with E-state index in [0.29, 0.717) is 0 Å². The first-order valence-electron chi connectivity index (χ1n) is 16.4. The van der Waals surface area contributed by atoms with Crippen molar-refractivity contribution < 1.29 is 0 Å². The fourth-order valence-electron chi connectivity index (χ4n) is 7.43. The lowest BCUT2D eigenvalue weighted by atomic mass is 9.73. The van der Waals surface area contributed by atoms with E-state index < -0.39 is 0 Å². The number of hydrogen-bond acceptors (Lipinski definition) is 1. The van der Waals surface area contributed by atoms with Crippen molar-refractivity contribution in [1.82, 2.24) is 0 Å². The van der Waals surface area contributed by atoms with E-state index in [0.717, 1.165) is 11.4 Å². The Morgan fingerprint density at radius 2 is 0.894 bits per heavy atom. The predicted molar refractivity (Wildman–Crippen MR) is 199 cm³/mol. The van der Waals surface area contributed by atoms with E-state index in [1.807, 2.05) is 0 Å². The van der Waals surface area contributed by atoms with Crippen LogP contribution in [0.25, 0.3) is 33.4 Å². The minimum Gasteiger partial charge on any atom is -0.310 e. The third-order valence-corrected chi connectivity index (χ3v) is 9.84. The summed E-state index contributed by atoms with van der Waals surface area (Å²) in [5.74, 6) is 0. The van der Waals surface area contributed by atoms with Gasteiger partial charge in [-0.3, -0.25) is 0 Å². The van der Waals surface area contributed by atoms with Crippen molar-refractivity contribution in [3.8, 4) is 33.4 Å². The molecule has 0 aromatic heterocycles. The minimum absolute atomic E-state index is 0.279. The standard InChI is InChI=1S/C46H37N/c1-32-19-28-41-42(29-32)46(3,38-17-11-6-12-18-38)43-30-33(2)31-44(45(41)43)47(39-24-20-36(21-25-39)34-13-7-4-8-14-34)40-26-22-37(23-27-40)35-15-9-5-10-16-35/h4-31H,1-3H3. The van der Waals surface area contributed by atoms with E-state index in [9.17, 15) is 0 Å². The summed E-state index contributed by atoms with van der Waals surface area (Å²) in [7, 11) is 0. The van der Waals surface area contributed by atoms with Crippen LogP contribution in [-0.4, -0.2) is 0 Å². The van der Waals surface area contributed by atoms with Crippen molar-refractivity contribution in [2.75, 3.05) is 4.90 Å². The zero-order valence-electron chi connectivity index (χ0n) is 27.1. The van der Waals surface area contributed by atoms with Gasteiger partial charge in [-0.1, -0.05) is 145 Å². The molecule has 1 aliphatic rings. The number of nitrogens with zero attached hydrogens (tertiary/aromatic N) is 1. The molecule has 7 aromatic rings. The molecule has 0 radical (unpaired) electrons. The van der Waals surface area contributed by atoms with Crippen molar-refractivity contribution in [2.24, 2.45) is 0 Å². The molecule has 0 saturated heterocycles. The molecule has 0 spiro atoms. The molecule has 8 rings (SSSR count). The fourth-order valence-corrected chi connectivity index (χ4v) is 7.43. The van der Waals surface area contributed by atoms with Crippen LogP contribution in [0, 0.1) is 13.8 Å². The summed E-state index contributed by atoms with van der Waals surface area (Å²) < 4.78 is 0. The van der Waals surface area contributed by atoms with E-state index >= 15 is 0 Å². The van der Waals surface area contributed by atoms with Gasteiger partial charge in [0.15, 0.2) is 0 Å². The van der Waals surface area contributed by atoms with Crippen molar-refractivity contribution in [3.63, 3.8) is 0 Å². The molecule has 1 nitrogen and oxygen atoms in total. The molecular formula is C46H37N. The summed E-state index contributed by atoms with van der Waals surface area (Å²) in [5, 5.41) is 0. The molecule has 0 saturated carbocycles. The number of benzene rings is 7. The number of hydrogen-bond donors (Lipinski definition) is 0. The first kappa shape index (κ1) is 28.8. The van der Waals surface area contributed by atoms with Crippen LogP contribution in [0.1, 0.15) is 34.7 Å².